The summed E-state index contributed by atoms with van der Waals surface area (Å²) < 4.78 is 28.0. The van der Waals surface area contributed by atoms with Crippen molar-refractivity contribution in [1.82, 2.24) is 0 Å². The number of benzene rings is 2. The van der Waals surface area contributed by atoms with Gasteiger partial charge < -0.3 is 4.89 Å². The van der Waals surface area contributed by atoms with E-state index in [0.29, 0.717) is 16.0 Å². The minimum Gasteiger partial charge on any atom is -0.344 e. The highest BCUT2D eigenvalue weighted by Crippen LogP contribution is 2.56. The molecule has 3 aromatic rings. The summed E-state index contributed by atoms with van der Waals surface area (Å²) in [4.78, 5) is 24.6. The van der Waals surface area contributed by atoms with Gasteiger partial charge in [-0.25, -0.2) is 4.39 Å². The lowest BCUT2D eigenvalue weighted by atomic mass is 10.1. The molecule has 0 spiro atoms. The van der Waals surface area contributed by atoms with E-state index in [2.05, 4.69) is 6.58 Å². The first-order chi connectivity index (χ1) is 13.1. The summed E-state index contributed by atoms with van der Waals surface area (Å²) in [6.45, 7) is 4.65. The fourth-order valence-corrected chi connectivity index (χ4v) is 5.62. The van der Waals surface area contributed by atoms with Crippen LogP contribution in [0.5, 0.6) is 0 Å². The SMILES string of the molecule is C=CN(C(=O)C(c1csc2ccc(Cl)cc12)P(C)(=O)O)c1cccc(Cl)c1F. The van der Waals surface area contributed by atoms with Gasteiger partial charge in [-0.2, -0.15) is 0 Å². The average Bonchev–Trinajstić information content (AvgIpc) is 3.01. The second-order valence-electron chi connectivity index (χ2n) is 6.14. The molecule has 0 radical (unpaired) electrons. The number of nitrogens with zero attached hydrogens (tertiary/aromatic N) is 1. The Morgan fingerprint density at radius 1 is 1.36 bits per heavy atom. The second kappa shape index (κ2) is 7.97. The number of carbonyl (C=O) groups excluding carboxylic acids is 1. The summed E-state index contributed by atoms with van der Waals surface area (Å²) in [5, 5.41) is 2.50. The molecule has 0 bridgehead atoms. The van der Waals surface area contributed by atoms with Crippen LogP contribution in [0.3, 0.4) is 0 Å². The molecule has 1 heterocycles. The number of fused-ring (bicyclic) bond motifs is 1. The standard InChI is InChI=1S/C19H15Cl2FNO3PS/c1-3-23(15-6-4-5-14(21)17(15)22)19(24)18(27(2,25)26)13-10-28-16-8-7-11(20)9-12(13)16/h3-10,18H,1H2,2H3,(H,25,26). The number of carbonyl (C=O) groups is 1. The van der Waals surface area contributed by atoms with Crippen LogP contribution in [0.2, 0.25) is 10.0 Å². The molecule has 2 unspecified atom stereocenters. The lowest BCUT2D eigenvalue weighted by molar-refractivity contribution is -0.117. The molecule has 4 nitrogen and oxygen atoms in total. The Labute approximate surface area is 175 Å². The second-order valence-corrected chi connectivity index (χ2v) is 10.3. The highest BCUT2D eigenvalue weighted by atomic mass is 35.5. The molecule has 0 aliphatic rings. The summed E-state index contributed by atoms with van der Waals surface area (Å²) in [7, 11) is -3.99. The molecule has 9 heteroatoms. The number of hydrogen-bond acceptors (Lipinski definition) is 3. The van der Waals surface area contributed by atoms with Crippen molar-refractivity contribution in [2.45, 2.75) is 5.66 Å². The van der Waals surface area contributed by atoms with Gasteiger partial charge in [0.1, 0.15) is 5.66 Å². The van der Waals surface area contributed by atoms with Crippen LogP contribution in [-0.4, -0.2) is 17.5 Å². The van der Waals surface area contributed by atoms with Gasteiger partial charge in [-0.05, 0) is 46.7 Å². The Bertz CT molecular complexity index is 1130. The molecule has 0 saturated carbocycles. The van der Waals surface area contributed by atoms with Crippen LogP contribution in [0, 0.1) is 5.82 Å². The first-order valence-electron chi connectivity index (χ1n) is 8.01. The maximum absolute atomic E-state index is 14.5. The van der Waals surface area contributed by atoms with E-state index in [1.165, 1.54) is 29.5 Å². The molecule has 0 aliphatic heterocycles. The molecular formula is C19H15Cl2FNO3PS. The van der Waals surface area contributed by atoms with Gasteiger partial charge in [0.05, 0.1) is 10.7 Å². The van der Waals surface area contributed by atoms with Crippen molar-refractivity contribution >= 4 is 63.6 Å². The van der Waals surface area contributed by atoms with Gasteiger partial charge in [-0.1, -0.05) is 35.8 Å². The third-order valence-electron chi connectivity index (χ3n) is 4.18. The van der Waals surface area contributed by atoms with Gasteiger partial charge in [0.2, 0.25) is 13.3 Å². The number of rotatable bonds is 5. The zero-order chi connectivity index (χ0) is 20.6. The van der Waals surface area contributed by atoms with Crippen molar-refractivity contribution in [1.29, 1.82) is 0 Å². The Balaban J connectivity index is 2.17. The van der Waals surface area contributed by atoms with Crippen molar-refractivity contribution < 1.29 is 18.6 Å². The van der Waals surface area contributed by atoms with Gasteiger partial charge >= 0.3 is 0 Å². The normalized spacial score (nSPS) is 14.5. The molecule has 0 fully saturated rings. The van der Waals surface area contributed by atoms with Crippen molar-refractivity contribution in [3.63, 3.8) is 0 Å². The lowest BCUT2D eigenvalue weighted by Crippen LogP contribution is -2.31. The molecule has 1 N–H and O–H groups in total. The Morgan fingerprint density at radius 3 is 2.71 bits per heavy atom. The minimum atomic E-state index is -3.99. The zero-order valence-electron chi connectivity index (χ0n) is 14.6. The van der Waals surface area contributed by atoms with Gasteiger partial charge in [0, 0.05) is 22.6 Å². The van der Waals surface area contributed by atoms with Crippen molar-refractivity contribution in [3.05, 3.63) is 76.0 Å². The third kappa shape index (κ3) is 3.88. The van der Waals surface area contributed by atoms with Crippen LogP contribution in [0.4, 0.5) is 10.1 Å². The van der Waals surface area contributed by atoms with Gasteiger partial charge in [-0.15, -0.1) is 11.3 Å². The van der Waals surface area contributed by atoms with E-state index >= 15 is 0 Å². The van der Waals surface area contributed by atoms with Crippen LogP contribution >= 0.6 is 41.9 Å². The van der Waals surface area contributed by atoms with Crippen LogP contribution in [0.1, 0.15) is 11.2 Å². The first kappa shape index (κ1) is 21.0. The molecule has 0 saturated heterocycles. The van der Waals surface area contributed by atoms with Crippen LogP contribution in [-0.2, 0) is 9.36 Å². The number of halogens is 3. The predicted octanol–water partition coefficient (Wildman–Crippen LogP) is 6.47. The van der Waals surface area contributed by atoms with E-state index in [-0.39, 0.29) is 10.7 Å². The predicted molar refractivity (Wildman–Crippen MR) is 114 cm³/mol. The summed E-state index contributed by atoms with van der Waals surface area (Å²) in [6, 6.07) is 9.27. The van der Waals surface area contributed by atoms with Gasteiger partial charge in [0.25, 0.3) is 0 Å². The largest absolute Gasteiger partial charge is 0.344 e. The number of anilines is 1. The lowest BCUT2D eigenvalue weighted by Gasteiger charge is -2.26. The van der Waals surface area contributed by atoms with Crippen molar-refractivity contribution in [2.75, 3.05) is 11.6 Å². The Hall–Kier alpha value is -1.69. The number of amides is 1. The number of thiophene rings is 1. The topological polar surface area (TPSA) is 57.6 Å². The van der Waals surface area contributed by atoms with E-state index in [1.54, 1.807) is 23.6 Å². The Morgan fingerprint density at radius 2 is 2.07 bits per heavy atom. The van der Waals surface area contributed by atoms with E-state index < -0.39 is 24.8 Å². The van der Waals surface area contributed by atoms with Gasteiger partial charge in [0.15, 0.2) is 5.82 Å². The maximum atomic E-state index is 14.5. The molecule has 0 aliphatic carbocycles. The smallest absolute Gasteiger partial charge is 0.248 e. The summed E-state index contributed by atoms with van der Waals surface area (Å²) in [6.07, 6.45) is 1.10. The third-order valence-corrected chi connectivity index (χ3v) is 7.15. The van der Waals surface area contributed by atoms with Gasteiger partial charge in [-0.3, -0.25) is 14.3 Å². The Kier molecular flexibility index (Phi) is 5.99. The highest BCUT2D eigenvalue weighted by Gasteiger charge is 2.39. The van der Waals surface area contributed by atoms with E-state index in [1.807, 2.05) is 0 Å². The average molecular weight is 458 g/mol. The van der Waals surface area contributed by atoms with E-state index in [4.69, 9.17) is 23.2 Å². The fourth-order valence-electron chi connectivity index (χ4n) is 2.95. The van der Waals surface area contributed by atoms with Crippen LogP contribution in [0.15, 0.2) is 54.6 Å². The molecule has 28 heavy (non-hydrogen) atoms. The van der Waals surface area contributed by atoms with Crippen molar-refractivity contribution in [3.8, 4) is 0 Å². The molecule has 1 amide bonds. The first-order valence-corrected chi connectivity index (χ1v) is 11.8. The van der Waals surface area contributed by atoms with E-state index in [9.17, 15) is 18.6 Å². The highest BCUT2D eigenvalue weighted by molar-refractivity contribution is 7.58. The van der Waals surface area contributed by atoms with Crippen molar-refractivity contribution in [2.24, 2.45) is 0 Å². The van der Waals surface area contributed by atoms with Crippen LogP contribution < -0.4 is 4.90 Å². The zero-order valence-corrected chi connectivity index (χ0v) is 17.8. The number of hydrogen-bond donors (Lipinski definition) is 1. The minimum absolute atomic E-state index is 0.150. The van der Waals surface area contributed by atoms with E-state index in [0.717, 1.165) is 22.5 Å². The monoisotopic (exact) mass is 457 g/mol. The summed E-state index contributed by atoms with van der Waals surface area (Å²) in [5.74, 6) is -1.61. The molecule has 3 rings (SSSR count). The summed E-state index contributed by atoms with van der Waals surface area (Å²) >= 11 is 13.2. The van der Waals surface area contributed by atoms with Crippen LogP contribution in [0.25, 0.3) is 10.1 Å². The fraction of sp³-hybridized carbons (Fsp3) is 0.105. The molecule has 2 atom stereocenters. The quantitative estimate of drug-likeness (QED) is 0.446. The molecule has 146 valence electrons. The molecule has 1 aromatic heterocycles. The molecular weight excluding hydrogens is 443 g/mol. The summed E-state index contributed by atoms with van der Waals surface area (Å²) in [5.41, 5.74) is -1.21. The molecule has 2 aromatic carbocycles. The maximum Gasteiger partial charge on any atom is 0.248 e.